The van der Waals surface area contributed by atoms with Gasteiger partial charge in [-0.1, -0.05) is 41.9 Å². The predicted molar refractivity (Wildman–Crippen MR) is 96.7 cm³/mol. The molecule has 3 N–H and O–H groups in total. The van der Waals surface area contributed by atoms with Crippen molar-refractivity contribution in [3.05, 3.63) is 41.0 Å². The Morgan fingerprint density at radius 3 is 2.54 bits per heavy atom. The minimum absolute atomic E-state index is 0.0289. The van der Waals surface area contributed by atoms with Crippen molar-refractivity contribution < 1.29 is 19.2 Å². The molecule has 0 aliphatic carbocycles. The van der Waals surface area contributed by atoms with Crippen LogP contribution in [0.4, 0.5) is 17.5 Å². The van der Waals surface area contributed by atoms with Gasteiger partial charge in [0, 0.05) is 6.61 Å². The zero-order valence-electron chi connectivity index (χ0n) is 13.8. The van der Waals surface area contributed by atoms with Crippen LogP contribution in [0.3, 0.4) is 0 Å². The molecular weight excluding hydrogens is 362 g/mol. The number of amides is 2. The first-order valence-corrected chi connectivity index (χ1v) is 8.09. The number of rotatable bonds is 12. The molecule has 0 saturated heterocycles. The van der Waals surface area contributed by atoms with Crippen molar-refractivity contribution in [3.8, 4) is 0 Å². The average Bonchev–Trinajstić information content (AvgIpc) is 2.64. The summed E-state index contributed by atoms with van der Waals surface area (Å²) < 4.78 is 5.54. The molecule has 0 radical (unpaired) electrons. The second-order valence-corrected chi connectivity index (χ2v) is 5.29. The zero-order valence-corrected chi connectivity index (χ0v) is 14.5. The molecule has 2 rings (SSSR count). The highest BCUT2D eigenvalue weighted by Gasteiger charge is 2.13. The molecule has 9 nitrogen and oxygen atoms in total. The van der Waals surface area contributed by atoms with E-state index in [1.807, 2.05) is 30.3 Å². The summed E-state index contributed by atoms with van der Waals surface area (Å²) in [5.74, 6) is 0.0883. The molecule has 0 spiro atoms. The molecule has 26 heavy (non-hydrogen) atoms. The minimum Gasteiger partial charge on any atom is -0.377 e. The predicted octanol–water partition coefficient (Wildman–Crippen LogP) is 2.22. The lowest BCUT2D eigenvalue weighted by Gasteiger charge is -2.12. The van der Waals surface area contributed by atoms with Gasteiger partial charge >= 0.3 is 0 Å². The Balaban J connectivity index is 1.77. The summed E-state index contributed by atoms with van der Waals surface area (Å²) in [5, 5.41) is 4.60. The first-order valence-electron chi connectivity index (χ1n) is 7.72. The van der Waals surface area contributed by atoms with Gasteiger partial charge in [-0.2, -0.15) is 9.97 Å². The fraction of sp³-hybridized carbons (Fsp3) is 0.250. The highest BCUT2D eigenvalue weighted by Crippen LogP contribution is 2.28. The van der Waals surface area contributed by atoms with Crippen LogP contribution >= 0.6 is 11.6 Å². The molecule has 1 aromatic carbocycles. The van der Waals surface area contributed by atoms with Crippen molar-refractivity contribution in [2.24, 2.45) is 0 Å². The van der Waals surface area contributed by atoms with E-state index in [4.69, 9.17) is 21.2 Å². The van der Waals surface area contributed by atoms with Gasteiger partial charge in [0.2, 0.25) is 18.8 Å². The Bertz CT molecular complexity index is 717. The number of nitrogens with zero attached hydrogens (tertiary/aromatic N) is 2. The molecule has 1 aromatic heterocycles. The normalized spacial score (nSPS) is 10.2. The fourth-order valence-corrected chi connectivity index (χ4v) is 2.15. The van der Waals surface area contributed by atoms with E-state index in [1.165, 1.54) is 0 Å². The zero-order chi connectivity index (χ0) is 18.6. The van der Waals surface area contributed by atoms with Gasteiger partial charge in [-0.3, -0.25) is 19.7 Å². The van der Waals surface area contributed by atoms with Crippen LogP contribution in [0.25, 0.3) is 0 Å². The maximum absolute atomic E-state index is 10.7. The van der Waals surface area contributed by atoms with Crippen LogP contribution in [-0.2, 0) is 25.8 Å². The molecule has 2 amide bonds. The van der Waals surface area contributed by atoms with Crippen molar-refractivity contribution in [3.63, 3.8) is 0 Å². The largest absolute Gasteiger partial charge is 0.377 e. The van der Waals surface area contributed by atoms with E-state index >= 15 is 0 Å². The summed E-state index contributed by atoms with van der Waals surface area (Å²) in [6.07, 6.45) is 1.47. The highest BCUT2D eigenvalue weighted by molar-refractivity contribution is 6.33. The Hall–Kier alpha value is -2.75. The molecule has 10 heteroatoms. The molecule has 1 heterocycles. The maximum Gasteiger partial charge on any atom is 0.232 e. The summed E-state index contributed by atoms with van der Waals surface area (Å²) in [6.45, 7) is 1.37. The van der Waals surface area contributed by atoms with Gasteiger partial charge in [0.15, 0.2) is 11.0 Å². The molecule has 0 aliphatic heterocycles. The molecule has 0 unspecified atom stereocenters. The molecule has 0 atom stereocenters. The van der Waals surface area contributed by atoms with Gasteiger partial charge in [0.05, 0.1) is 13.2 Å². The van der Waals surface area contributed by atoms with E-state index in [2.05, 4.69) is 26.1 Å². The molecule has 138 valence electrons. The van der Waals surface area contributed by atoms with E-state index in [0.29, 0.717) is 39.1 Å². The third-order valence-electron chi connectivity index (χ3n) is 3.07. The minimum atomic E-state index is -0.0475. The van der Waals surface area contributed by atoms with Gasteiger partial charge in [-0.05, 0) is 12.0 Å². The van der Waals surface area contributed by atoms with Crippen molar-refractivity contribution in [2.45, 2.75) is 13.0 Å². The number of hydrogen-bond donors (Lipinski definition) is 3. The number of anilines is 3. The summed E-state index contributed by atoms with van der Waals surface area (Å²) in [6, 6.07) is 9.84. The number of carbonyl (C=O) groups excluding carboxylic acids is 2. The summed E-state index contributed by atoms with van der Waals surface area (Å²) in [4.78, 5) is 34.3. The lowest BCUT2D eigenvalue weighted by atomic mass is 10.2. The van der Waals surface area contributed by atoms with Gasteiger partial charge in [0.25, 0.3) is 0 Å². The summed E-state index contributed by atoms with van der Waals surface area (Å²) in [5.41, 5.74) is 3.81. The van der Waals surface area contributed by atoms with Crippen LogP contribution in [0.5, 0.6) is 0 Å². The van der Waals surface area contributed by atoms with Crippen molar-refractivity contribution in [2.75, 3.05) is 29.3 Å². The molecule has 0 fully saturated rings. The number of aromatic nitrogens is 2. The summed E-state index contributed by atoms with van der Waals surface area (Å²) >= 11 is 5.94. The van der Waals surface area contributed by atoms with Crippen LogP contribution in [0.2, 0.25) is 5.15 Å². The van der Waals surface area contributed by atoms with E-state index in [-0.39, 0.29) is 22.6 Å². The highest BCUT2D eigenvalue weighted by atomic mass is 35.5. The Morgan fingerprint density at radius 2 is 1.81 bits per heavy atom. The molecule has 0 bridgehead atoms. The van der Waals surface area contributed by atoms with Gasteiger partial charge < -0.3 is 10.1 Å². The number of carbonyl (C=O) groups is 2. The van der Waals surface area contributed by atoms with E-state index < -0.39 is 0 Å². The standard InChI is InChI=1S/C16H18ClN5O4/c17-14-13(18-10-23)15(21-16(20-14)19-11-24)22-26-8-4-7-25-9-12-5-2-1-3-6-12/h1-3,5-6,10-11H,4,7-9H2,(H,18,23)(H2,19,20,21,22,24). The third kappa shape index (κ3) is 6.28. The van der Waals surface area contributed by atoms with Crippen LogP contribution in [0.15, 0.2) is 30.3 Å². The monoisotopic (exact) mass is 379 g/mol. The lowest BCUT2D eigenvalue weighted by molar-refractivity contribution is -0.106. The van der Waals surface area contributed by atoms with Crippen molar-refractivity contribution in [1.29, 1.82) is 0 Å². The lowest BCUT2D eigenvalue weighted by Crippen LogP contribution is -2.12. The second-order valence-electron chi connectivity index (χ2n) is 4.93. The number of hydrogen-bond acceptors (Lipinski definition) is 7. The van der Waals surface area contributed by atoms with Crippen LogP contribution in [0.1, 0.15) is 12.0 Å². The number of nitrogens with one attached hydrogen (secondary N) is 3. The molecule has 0 aliphatic rings. The smallest absolute Gasteiger partial charge is 0.232 e. The van der Waals surface area contributed by atoms with Crippen LogP contribution in [0, 0.1) is 0 Å². The average molecular weight is 380 g/mol. The van der Waals surface area contributed by atoms with E-state index in [9.17, 15) is 9.59 Å². The third-order valence-corrected chi connectivity index (χ3v) is 3.35. The topological polar surface area (TPSA) is 114 Å². The van der Waals surface area contributed by atoms with Crippen molar-refractivity contribution >= 4 is 41.9 Å². The Morgan fingerprint density at radius 1 is 1.04 bits per heavy atom. The molecule has 2 aromatic rings. The van der Waals surface area contributed by atoms with Crippen LogP contribution in [-0.4, -0.2) is 36.0 Å². The van der Waals surface area contributed by atoms with E-state index in [1.54, 1.807) is 0 Å². The quantitative estimate of drug-likeness (QED) is 0.224. The number of halogens is 1. The number of benzene rings is 1. The van der Waals surface area contributed by atoms with Gasteiger partial charge in [-0.15, -0.1) is 0 Å². The van der Waals surface area contributed by atoms with Gasteiger partial charge in [-0.25, -0.2) is 5.48 Å². The van der Waals surface area contributed by atoms with E-state index in [0.717, 1.165) is 5.56 Å². The Kier molecular flexibility index (Phi) is 8.27. The molecular formula is C16H18ClN5O4. The fourth-order valence-electron chi connectivity index (χ4n) is 1.93. The second kappa shape index (κ2) is 11.0. The molecule has 0 saturated carbocycles. The SMILES string of the molecule is O=CNc1nc(Cl)c(NC=O)c(NOCCCOCc2ccccc2)n1. The maximum atomic E-state index is 10.7. The first kappa shape index (κ1) is 19.6. The summed E-state index contributed by atoms with van der Waals surface area (Å²) in [7, 11) is 0. The Labute approximate surface area is 155 Å². The number of ether oxygens (including phenoxy) is 1. The van der Waals surface area contributed by atoms with Crippen molar-refractivity contribution in [1.82, 2.24) is 9.97 Å². The van der Waals surface area contributed by atoms with Gasteiger partial charge in [0.1, 0.15) is 5.69 Å². The van der Waals surface area contributed by atoms with Crippen LogP contribution < -0.4 is 16.1 Å². The first-order chi connectivity index (χ1) is 12.7.